The van der Waals surface area contributed by atoms with Gasteiger partial charge in [0, 0.05) is 22.8 Å². The lowest BCUT2D eigenvalue weighted by Gasteiger charge is -2.08. The normalized spacial score (nSPS) is 11.7. The summed E-state index contributed by atoms with van der Waals surface area (Å²) >= 11 is 5.96. The van der Waals surface area contributed by atoms with Gasteiger partial charge in [-0.3, -0.25) is 4.79 Å². The fourth-order valence-corrected chi connectivity index (χ4v) is 3.11. The van der Waals surface area contributed by atoms with Crippen molar-refractivity contribution in [1.82, 2.24) is 19.9 Å². The van der Waals surface area contributed by atoms with E-state index >= 15 is 0 Å². The molecule has 8 nitrogen and oxygen atoms in total. The lowest BCUT2D eigenvalue weighted by Crippen LogP contribution is -2.22. The van der Waals surface area contributed by atoms with Crippen LogP contribution in [0, 0.1) is 0 Å². The number of hydrogen-bond acceptors (Lipinski definition) is 6. The van der Waals surface area contributed by atoms with E-state index in [1.54, 1.807) is 12.3 Å². The predicted octanol–water partition coefficient (Wildman–Crippen LogP) is 3.78. The Morgan fingerprint density at radius 3 is 2.81 bits per heavy atom. The van der Waals surface area contributed by atoms with Crippen LogP contribution in [0.2, 0.25) is 5.02 Å². The van der Waals surface area contributed by atoms with Crippen LogP contribution in [0.1, 0.15) is 26.5 Å². The molecule has 0 fully saturated rings. The van der Waals surface area contributed by atoms with Crippen molar-refractivity contribution in [1.29, 1.82) is 0 Å². The molecule has 3 aromatic heterocycles. The Balaban J connectivity index is 1.54. The first-order valence-electron chi connectivity index (χ1n) is 8.74. The number of nitrogens with zero attached hydrogens (tertiary/aromatic N) is 3. The molecule has 160 valence electrons. The van der Waals surface area contributed by atoms with Crippen LogP contribution in [-0.2, 0) is 11.3 Å². The maximum Gasteiger partial charge on any atom is 0.422 e. The molecule has 0 saturated carbocycles. The number of rotatable bonds is 5. The van der Waals surface area contributed by atoms with Crippen LogP contribution in [0.5, 0.6) is 0 Å². The first kappa shape index (κ1) is 20.7. The molecule has 3 heterocycles. The average Bonchev–Trinajstić information content (AvgIpc) is 3.33. The zero-order chi connectivity index (χ0) is 22.2. The molecule has 12 heteroatoms. The lowest BCUT2D eigenvalue weighted by atomic mass is 10.1. The van der Waals surface area contributed by atoms with Gasteiger partial charge in [-0.25, -0.2) is 14.3 Å². The number of benzene rings is 1. The standard InChI is InChI=1S/C19H12ClF3N4O4/c20-11-4-10-5-12(31-15(10)13(6-11)18(29)30-9-19(21,22)23)7-25-17(28)14-8-26-27-3-1-2-24-16(14)27/h1-6,8H,7,9H2,(H,25,28). The topological polar surface area (TPSA) is 98.7 Å². The van der Waals surface area contributed by atoms with Gasteiger partial charge in [-0.1, -0.05) is 11.6 Å². The Hall–Kier alpha value is -3.60. The van der Waals surface area contributed by atoms with Crippen LogP contribution in [0.15, 0.2) is 47.3 Å². The van der Waals surface area contributed by atoms with E-state index in [2.05, 4.69) is 20.1 Å². The number of halogens is 4. The summed E-state index contributed by atoms with van der Waals surface area (Å²) in [7, 11) is 0. The molecule has 0 atom stereocenters. The SMILES string of the molecule is O=C(OCC(F)(F)F)c1cc(Cl)cc2cc(CNC(=O)c3cnn4cccnc34)oc12. The van der Waals surface area contributed by atoms with Gasteiger partial charge in [-0.2, -0.15) is 18.3 Å². The van der Waals surface area contributed by atoms with E-state index in [-0.39, 0.29) is 34.0 Å². The van der Waals surface area contributed by atoms with Gasteiger partial charge < -0.3 is 14.5 Å². The highest BCUT2D eigenvalue weighted by molar-refractivity contribution is 6.32. The fourth-order valence-electron chi connectivity index (χ4n) is 2.88. The summed E-state index contributed by atoms with van der Waals surface area (Å²) in [5.74, 6) is -1.44. The number of nitrogens with one attached hydrogen (secondary N) is 1. The monoisotopic (exact) mass is 452 g/mol. The largest absolute Gasteiger partial charge is 0.458 e. The van der Waals surface area contributed by atoms with Crippen LogP contribution in [-0.4, -0.2) is 39.3 Å². The summed E-state index contributed by atoms with van der Waals surface area (Å²) in [4.78, 5) is 28.7. The number of ether oxygens (including phenoxy) is 1. The minimum Gasteiger partial charge on any atom is -0.458 e. The average molecular weight is 453 g/mol. The molecular formula is C19H12ClF3N4O4. The number of carbonyl (C=O) groups excluding carboxylic acids is 2. The second-order valence-electron chi connectivity index (χ2n) is 6.40. The molecule has 0 aliphatic rings. The minimum absolute atomic E-state index is 0.00141. The number of alkyl halides is 3. The van der Waals surface area contributed by atoms with Gasteiger partial charge >= 0.3 is 12.1 Å². The van der Waals surface area contributed by atoms with Gasteiger partial charge in [-0.15, -0.1) is 0 Å². The van der Waals surface area contributed by atoms with E-state index in [4.69, 9.17) is 16.0 Å². The van der Waals surface area contributed by atoms with E-state index in [9.17, 15) is 22.8 Å². The van der Waals surface area contributed by atoms with Crippen LogP contribution in [0.4, 0.5) is 13.2 Å². The number of carbonyl (C=O) groups is 2. The van der Waals surface area contributed by atoms with Crippen molar-refractivity contribution in [2.24, 2.45) is 0 Å². The van der Waals surface area contributed by atoms with E-state index in [1.807, 2.05) is 0 Å². The minimum atomic E-state index is -4.67. The molecule has 0 bridgehead atoms. The summed E-state index contributed by atoms with van der Waals surface area (Å²) in [6.45, 7) is -1.80. The third-order valence-corrected chi connectivity index (χ3v) is 4.38. The Morgan fingerprint density at radius 2 is 2.03 bits per heavy atom. The third kappa shape index (κ3) is 4.45. The zero-order valence-electron chi connectivity index (χ0n) is 15.4. The molecule has 0 radical (unpaired) electrons. The molecule has 4 aromatic rings. The van der Waals surface area contributed by atoms with Crippen molar-refractivity contribution < 1.29 is 31.9 Å². The predicted molar refractivity (Wildman–Crippen MR) is 102 cm³/mol. The highest BCUT2D eigenvalue weighted by Crippen LogP contribution is 2.28. The molecular weight excluding hydrogens is 441 g/mol. The van der Waals surface area contributed by atoms with E-state index in [0.717, 1.165) is 6.07 Å². The summed E-state index contributed by atoms with van der Waals surface area (Å²) in [6, 6.07) is 5.80. The van der Waals surface area contributed by atoms with Gasteiger partial charge in [0.1, 0.15) is 22.5 Å². The molecule has 31 heavy (non-hydrogen) atoms. The molecule has 0 aliphatic carbocycles. The molecule has 1 aromatic carbocycles. The number of esters is 1. The molecule has 0 unspecified atom stereocenters. The number of fused-ring (bicyclic) bond motifs is 2. The number of hydrogen-bond donors (Lipinski definition) is 1. The molecule has 1 N–H and O–H groups in total. The van der Waals surface area contributed by atoms with Crippen molar-refractivity contribution in [3.63, 3.8) is 0 Å². The second kappa shape index (κ2) is 7.91. The van der Waals surface area contributed by atoms with Gasteiger partial charge in [-0.05, 0) is 24.3 Å². The Labute approximate surface area is 176 Å². The van der Waals surface area contributed by atoms with E-state index in [0.29, 0.717) is 11.0 Å². The summed E-state index contributed by atoms with van der Waals surface area (Å²) in [5, 5.41) is 7.15. The quantitative estimate of drug-likeness (QED) is 0.463. The van der Waals surface area contributed by atoms with Gasteiger partial charge in [0.05, 0.1) is 12.7 Å². The van der Waals surface area contributed by atoms with Crippen LogP contribution >= 0.6 is 11.6 Å². The zero-order valence-corrected chi connectivity index (χ0v) is 16.2. The Kier molecular flexibility index (Phi) is 5.27. The van der Waals surface area contributed by atoms with Crippen LogP contribution in [0.25, 0.3) is 16.6 Å². The van der Waals surface area contributed by atoms with Crippen molar-refractivity contribution >= 4 is 40.1 Å². The van der Waals surface area contributed by atoms with Crippen LogP contribution in [0.3, 0.4) is 0 Å². The number of furan rings is 1. The maximum absolute atomic E-state index is 12.5. The summed E-state index contributed by atoms with van der Waals surface area (Å²) in [6.07, 6.45) is -0.137. The summed E-state index contributed by atoms with van der Waals surface area (Å²) in [5.41, 5.74) is 0.358. The molecule has 1 amide bonds. The fraction of sp³-hybridized carbons (Fsp3) is 0.158. The first-order chi connectivity index (χ1) is 14.7. The highest BCUT2D eigenvalue weighted by Gasteiger charge is 2.30. The maximum atomic E-state index is 12.5. The van der Waals surface area contributed by atoms with Crippen molar-refractivity contribution in [3.05, 3.63) is 64.8 Å². The van der Waals surface area contributed by atoms with Gasteiger partial charge in [0.2, 0.25) is 0 Å². The number of amides is 1. The molecule has 0 aliphatic heterocycles. The van der Waals surface area contributed by atoms with Crippen molar-refractivity contribution in [3.8, 4) is 0 Å². The third-order valence-electron chi connectivity index (χ3n) is 4.17. The van der Waals surface area contributed by atoms with E-state index in [1.165, 1.54) is 29.0 Å². The Bertz CT molecular complexity index is 1300. The van der Waals surface area contributed by atoms with Crippen molar-refractivity contribution in [2.75, 3.05) is 6.61 Å². The second-order valence-corrected chi connectivity index (χ2v) is 6.84. The lowest BCUT2D eigenvalue weighted by molar-refractivity contribution is -0.161. The highest BCUT2D eigenvalue weighted by atomic mass is 35.5. The smallest absolute Gasteiger partial charge is 0.422 e. The van der Waals surface area contributed by atoms with E-state index < -0.39 is 24.7 Å². The van der Waals surface area contributed by atoms with Gasteiger partial charge in [0.15, 0.2) is 12.3 Å². The van der Waals surface area contributed by atoms with Gasteiger partial charge in [0.25, 0.3) is 5.91 Å². The first-order valence-corrected chi connectivity index (χ1v) is 9.11. The van der Waals surface area contributed by atoms with Crippen molar-refractivity contribution in [2.45, 2.75) is 12.7 Å². The summed E-state index contributed by atoms with van der Waals surface area (Å²) < 4.78 is 48.3. The van der Waals surface area contributed by atoms with Crippen LogP contribution < -0.4 is 5.32 Å². The number of aromatic nitrogens is 3. The molecule has 0 saturated heterocycles. The Morgan fingerprint density at radius 1 is 1.23 bits per heavy atom. The molecule has 4 rings (SSSR count). The molecule has 0 spiro atoms.